The molecule has 8 heteroatoms. The van der Waals surface area contributed by atoms with Gasteiger partial charge in [0.25, 0.3) is 0 Å². The minimum atomic E-state index is -4.45. The number of nitrogens with zero attached hydrogens (tertiary/aromatic N) is 2. The zero-order valence-corrected chi connectivity index (χ0v) is 14.0. The molecule has 25 heavy (non-hydrogen) atoms. The van der Waals surface area contributed by atoms with E-state index >= 15 is 0 Å². The van der Waals surface area contributed by atoms with Crippen LogP contribution >= 0.6 is 23.2 Å². The van der Waals surface area contributed by atoms with Crippen LogP contribution < -0.4 is 5.32 Å². The molecule has 0 aliphatic rings. The summed E-state index contributed by atoms with van der Waals surface area (Å²) < 4.78 is 38.6. The van der Waals surface area contributed by atoms with Gasteiger partial charge in [0, 0.05) is 22.3 Å². The number of hydrogen-bond acceptors (Lipinski definition) is 3. The fourth-order valence-electron chi connectivity index (χ4n) is 2.13. The SMILES string of the molecule is FC(F)(F)c1cccc(-c2nc(Cl)cc(Nc3ccc(Cl)cc3)n2)c1. The van der Waals surface area contributed by atoms with Crippen molar-refractivity contribution < 1.29 is 13.2 Å². The van der Waals surface area contributed by atoms with Crippen molar-refractivity contribution in [2.45, 2.75) is 6.18 Å². The normalized spacial score (nSPS) is 11.4. The summed E-state index contributed by atoms with van der Waals surface area (Å²) in [5, 5.41) is 3.70. The van der Waals surface area contributed by atoms with Crippen molar-refractivity contribution in [1.82, 2.24) is 9.97 Å². The van der Waals surface area contributed by atoms with E-state index in [1.807, 2.05) is 0 Å². The number of rotatable bonds is 3. The third-order valence-corrected chi connectivity index (χ3v) is 3.71. The number of benzene rings is 2. The summed E-state index contributed by atoms with van der Waals surface area (Å²) in [6, 6.07) is 13.1. The summed E-state index contributed by atoms with van der Waals surface area (Å²) in [7, 11) is 0. The number of hydrogen-bond donors (Lipinski definition) is 1. The summed E-state index contributed by atoms with van der Waals surface area (Å²) in [6.07, 6.45) is -4.45. The van der Waals surface area contributed by atoms with Crippen molar-refractivity contribution in [3.8, 4) is 11.4 Å². The van der Waals surface area contributed by atoms with E-state index in [1.165, 1.54) is 18.2 Å². The first-order valence-corrected chi connectivity index (χ1v) is 7.82. The van der Waals surface area contributed by atoms with Crippen LogP contribution in [0.2, 0.25) is 10.2 Å². The van der Waals surface area contributed by atoms with E-state index in [9.17, 15) is 13.2 Å². The lowest BCUT2D eigenvalue weighted by atomic mass is 10.1. The van der Waals surface area contributed by atoms with Gasteiger partial charge < -0.3 is 5.32 Å². The summed E-state index contributed by atoms with van der Waals surface area (Å²) >= 11 is 11.8. The Labute approximate surface area is 151 Å². The zero-order chi connectivity index (χ0) is 18.0. The molecular formula is C17H10Cl2F3N3. The van der Waals surface area contributed by atoms with Crippen LogP contribution in [-0.2, 0) is 6.18 Å². The highest BCUT2D eigenvalue weighted by molar-refractivity contribution is 6.30. The minimum Gasteiger partial charge on any atom is -0.340 e. The fourth-order valence-corrected chi connectivity index (χ4v) is 2.44. The van der Waals surface area contributed by atoms with E-state index in [2.05, 4.69) is 15.3 Å². The van der Waals surface area contributed by atoms with Gasteiger partial charge in [0.1, 0.15) is 11.0 Å². The average molecular weight is 384 g/mol. The van der Waals surface area contributed by atoms with Gasteiger partial charge >= 0.3 is 6.18 Å². The zero-order valence-electron chi connectivity index (χ0n) is 12.5. The van der Waals surface area contributed by atoms with E-state index < -0.39 is 11.7 Å². The molecule has 0 unspecified atom stereocenters. The topological polar surface area (TPSA) is 37.8 Å². The maximum atomic E-state index is 12.9. The maximum absolute atomic E-state index is 12.9. The van der Waals surface area contributed by atoms with E-state index in [4.69, 9.17) is 23.2 Å². The van der Waals surface area contributed by atoms with E-state index in [-0.39, 0.29) is 16.5 Å². The molecule has 0 aliphatic carbocycles. The lowest BCUT2D eigenvalue weighted by Gasteiger charge is -2.10. The molecule has 3 nitrogen and oxygen atoms in total. The van der Waals surface area contributed by atoms with Crippen LogP contribution in [0.5, 0.6) is 0 Å². The van der Waals surface area contributed by atoms with E-state index in [0.29, 0.717) is 16.5 Å². The molecule has 0 bridgehead atoms. The molecule has 1 N–H and O–H groups in total. The second-order valence-electron chi connectivity index (χ2n) is 5.11. The largest absolute Gasteiger partial charge is 0.416 e. The Morgan fingerprint density at radius 2 is 1.60 bits per heavy atom. The molecule has 0 atom stereocenters. The molecule has 0 fully saturated rings. The third-order valence-electron chi connectivity index (χ3n) is 3.26. The highest BCUT2D eigenvalue weighted by Crippen LogP contribution is 2.32. The van der Waals surface area contributed by atoms with Crippen LogP contribution in [0.15, 0.2) is 54.6 Å². The first-order chi connectivity index (χ1) is 11.8. The van der Waals surface area contributed by atoms with E-state index in [0.717, 1.165) is 12.1 Å². The van der Waals surface area contributed by atoms with Gasteiger partial charge in [-0.25, -0.2) is 9.97 Å². The van der Waals surface area contributed by atoms with Crippen molar-refractivity contribution in [2.24, 2.45) is 0 Å². The van der Waals surface area contributed by atoms with Gasteiger partial charge in [0.15, 0.2) is 5.82 Å². The van der Waals surface area contributed by atoms with Gasteiger partial charge in [0.05, 0.1) is 5.56 Å². The third kappa shape index (κ3) is 4.41. The number of aromatic nitrogens is 2. The number of anilines is 2. The molecule has 0 saturated heterocycles. The van der Waals surface area contributed by atoms with Gasteiger partial charge in [0.2, 0.25) is 0 Å². The molecule has 128 valence electrons. The highest BCUT2D eigenvalue weighted by Gasteiger charge is 2.30. The molecule has 1 heterocycles. The average Bonchev–Trinajstić information content (AvgIpc) is 2.56. The van der Waals surface area contributed by atoms with E-state index in [1.54, 1.807) is 24.3 Å². The molecule has 2 aromatic carbocycles. The van der Waals surface area contributed by atoms with Crippen LogP contribution in [-0.4, -0.2) is 9.97 Å². The van der Waals surface area contributed by atoms with Crippen LogP contribution in [0.25, 0.3) is 11.4 Å². The minimum absolute atomic E-state index is 0.0927. The second kappa shape index (κ2) is 6.90. The molecule has 0 spiro atoms. The van der Waals surface area contributed by atoms with Gasteiger partial charge in [-0.1, -0.05) is 35.3 Å². The van der Waals surface area contributed by atoms with Gasteiger partial charge in [-0.05, 0) is 36.4 Å². The molecule has 3 rings (SSSR count). The predicted octanol–water partition coefficient (Wildman–Crippen LogP) is 6.21. The van der Waals surface area contributed by atoms with Crippen molar-refractivity contribution in [3.63, 3.8) is 0 Å². The van der Waals surface area contributed by atoms with Crippen LogP contribution in [0.1, 0.15) is 5.56 Å². The fraction of sp³-hybridized carbons (Fsp3) is 0.0588. The van der Waals surface area contributed by atoms with Crippen molar-refractivity contribution in [3.05, 3.63) is 70.3 Å². The number of alkyl halides is 3. The molecule has 0 saturated carbocycles. The molecule has 1 aromatic heterocycles. The second-order valence-corrected chi connectivity index (χ2v) is 5.93. The Balaban J connectivity index is 1.95. The monoisotopic (exact) mass is 383 g/mol. The molecular weight excluding hydrogens is 374 g/mol. The first-order valence-electron chi connectivity index (χ1n) is 7.06. The van der Waals surface area contributed by atoms with Crippen LogP contribution in [0.4, 0.5) is 24.7 Å². The summed E-state index contributed by atoms with van der Waals surface area (Å²) in [5.41, 5.74) is 0.145. The first kappa shape index (κ1) is 17.5. The standard InChI is InChI=1S/C17H10Cl2F3N3/c18-12-4-6-13(7-5-12)23-15-9-14(19)24-16(25-15)10-2-1-3-11(8-10)17(20,21)22/h1-9H,(H,23,24,25). The van der Waals surface area contributed by atoms with Gasteiger partial charge in [-0.2, -0.15) is 13.2 Å². The Kier molecular flexibility index (Phi) is 4.83. The number of halogens is 5. The van der Waals surface area contributed by atoms with Gasteiger partial charge in [-0.15, -0.1) is 0 Å². The van der Waals surface area contributed by atoms with Crippen molar-refractivity contribution >= 4 is 34.7 Å². The maximum Gasteiger partial charge on any atom is 0.416 e. The van der Waals surface area contributed by atoms with Crippen LogP contribution in [0, 0.1) is 0 Å². The highest BCUT2D eigenvalue weighted by atomic mass is 35.5. The van der Waals surface area contributed by atoms with Crippen molar-refractivity contribution in [2.75, 3.05) is 5.32 Å². The Morgan fingerprint density at radius 1 is 0.880 bits per heavy atom. The number of nitrogens with one attached hydrogen (secondary N) is 1. The predicted molar refractivity (Wildman–Crippen MR) is 92.2 cm³/mol. The Morgan fingerprint density at radius 3 is 2.28 bits per heavy atom. The molecule has 3 aromatic rings. The summed E-state index contributed by atoms with van der Waals surface area (Å²) in [6.45, 7) is 0. The lowest BCUT2D eigenvalue weighted by molar-refractivity contribution is -0.137. The van der Waals surface area contributed by atoms with Gasteiger partial charge in [-0.3, -0.25) is 0 Å². The van der Waals surface area contributed by atoms with Crippen LogP contribution in [0.3, 0.4) is 0 Å². The molecule has 0 aliphatic heterocycles. The Hall–Kier alpha value is -2.31. The Bertz CT molecular complexity index is 896. The summed E-state index contributed by atoms with van der Waals surface area (Å²) in [4.78, 5) is 8.25. The lowest BCUT2D eigenvalue weighted by Crippen LogP contribution is -2.05. The molecule has 0 radical (unpaired) electrons. The molecule has 0 amide bonds. The van der Waals surface area contributed by atoms with Crippen molar-refractivity contribution in [1.29, 1.82) is 0 Å². The smallest absolute Gasteiger partial charge is 0.340 e. The summed E-state index contributed by atoms with van der Waals surface area (Å²) in [5.74, 6) is 0.449. The quantitative estimate of drug-likeness (QED) is 0.546.